The van der Waals surface area contributed by atoms with E-state index in [1.54, 1.807) is 18.3 Å². The van der Waals surface area contributed by atoms with Gasteiger partial charge in [-0.15, -0.1) is 0 Å². The van der Waals surface area contributed by atoms with Crippen molar-refractivity contribution in [3.05, 3.63) is 78.0 Å². The van der Waals surface area contributed by atoms with Crippen molar-refractivity contribution in [1.29, 1.82) is 0 Å². The molecule has 1 fully saturated rings. The highest BCUT2D eigenvalue weighted by molar-refractivity contribution is 5.59. The lowest BCUT2D eigenvalue weighted by molar-refractivity contribution is 0.0277. The maximum absolute atomic E-state index is 13.6. The van der Waals surface area contributed by atoms with Crippen molar-refractivity contribution in [2.24, 2.45) is 0 Å². The highest BCUT2D eigenvalue weighted by Gasteiger charge is 2.18. The second-order valence-corrected chi connectivity index (χ2v) is 7.83. The molecule has 9 nitrogen and oxygen atoms in total. The van der Waals surface area contributed by atoms with Gasteiger partial charge in [-0.25, -0.2) is 33.1 Å². The van der Waals surface area contributed by atoms with Gasteiger partial charge in [0.05, 0.1) is 12.7 Å². The van der Waals surface area contributed by atoms with Gasteiger partial charge < -0.3 is 20.7 Å². The number of ether oxygens (including phenoxy) is 1. The van der Waals surface area contributed by atoms with E-state index in [-0.39, 0.29) is 17.6 Å². The van der Waals surface area contributed by atoms with E-state index in [1.807, 2.05) is 24.3 Å². The van der Waals surface area contributed by atoms with Gasteiger partial charge in [0, 0.05) is 31.2 Å². The number of benzene rings is 1. The number of rotatable bonds is 7. The highest BCUT2D eigenvalue weighted by atomic mass is 19.3. The fraction of sp³-hybridized carbons (Fsp3) is 0.208. The molecule has 4 heterocycles. The molecule has 3 N–H and O–H groups in total. The van der Waals surface area contributed by atoms with Gasteiger partial charge in [0.1, 0.15) is 23.0 Å². The maximum Gasteiger partial charge on any atom is 0.283 e. The van der Waals surface area contributed by atoms with Gasteiger partial charge in [0.15, 0.2) is 11.6 Å². The Morgan fingerprint density at radius 2 is 1.67 bits per heavy atom. The topological polar surface area (TPSA) is 110 Å². The van der Waals surface area contributed by atoms with Gasteiger partial charge in [0.2, 0.25) is 5.95 Å². The minimum atomic E-state index is -3.05. The number of aromatic nitrogens is 5. The lowest BCUT2D eigenvalue weighted by Gasteiger charge is -2.24. The summed E-state index contributed by atoms with van der Waals surface area (Å²) in [5.41, 5.74) is 0.969. The predicted molar refractivity (Wildman–Crippen MR) is 127 cm³/mol. The van der Waals surface area contributed by atoms with Gasteiger partial charge in [-0.1, -0.05) is 12.1 Å². The molecule has 36 heavy (non-hydrogen) atoms. The van der Waals surface area contributed by atoms with Crippen LogP contribution in [0, 0.1) is 5.82 Å². The summed E-state index contributed by atoms with van der Waals surface area (Å²) >= 11 is 0. The number of morpholine rings is 1. The summed E-state index contributed by atoms with van der Waals surface area (Å²) in [5, 5.41) is 9.49. The first-order chi connectivity index (χ1) is 17.5. The average Bonchev–Trinajstić information content (AvgIpc) is 2.90. The van der Waals surface area contributed by atoms with Crippen LogP contribution in [0.25, 0.3) is 11.5 Å². The van der Waals surface area contributed by atoms with Crippen LogP contribution in [0.4, 0.5) is 36.4 Å². The second-order valence-electron chi connectivity index (χ2n) is 7.83. The van der Waals surface area contributed by atoms with Crippen molar-refractivity contribution in [1.82, 2.24) is 30.2 Å². The first-order valence-corrected chi connectivity index (χ1v) is 11.1. The summed E-state index contributed by atoms with van der Waals surface area (Å²) in [7, 11) is 0. The number of alkyl halides is 2. The zero-order valence-electron chi connectivity index (χ0n) is 18.8. The van der Waals surface area contributed by atoms with E-state index in [1.165, 1.54) is 12.3 Å². The molecule has 0 aliphatic carbocycles. The Bertz CT molecular complexity index is 1330. The molecule has 4 aromatic rings. The third-order valence-corrected chi connectivity index (χ3v) is 5.34. The molecule has 1 aliphatic heterocycles. The van der Waals surface area contributed by atoms with Gasteiger partial charge in [-0.3, -0.25) is 0 Å². The smallest absolute Gasteiger partial charge is 0.283 e. The maximum atomic E-state index is 13.6. The van der Waals surface area contributed by atoms with Crippen LogP contribution in [0.1, 0.15) is 23.8 Å². The number of halogens is 3. The van der Waals surface area contributed by atoms with E-state index in [2.05, 4.69) is 40.9 Å². The van der Waals surface area contributed by atoms with Crippen LogP contribution in [0.3, 0.4) is 0 Å². The SMILES string of the molecule is Fc1ccc(-c2nccc(Nc3ccnc(Nc4ccc(C5CNCCO5)cc4)n3)n2)nc1C(F)F. The summed E-state index contributed by atoms with van der Waals surface area (Å²) in [6.45, 7) is 2.32. The largest absolute Gasteiger partial charge is 0.371 e. The summed E-state index contributed by atoms with van der Waals surface area (Å²) in [6.07, 6.45) is -0.00876. The molecule has 0 bridgehead atoms. The van der Waals surface area contributed by atoms with Crippen molar-refractivity contribution in [2.45, 2.75) is 12.5 Å². The number of hydrogen-bond acceptors (Lipinski definition) is 9. The molecular formula is C24H21F3N8O. The third kappa shape index (κ3) is 5.56. The van der Waals surface area contributed by atoms with Crippen LogP contribution < -0.4 is 16.0 Å². The molecule has 184 valence electrons. The molecule has 3 aromatic heterocycles. The van der Waals surface area contributed by atoms with E-state index < -0.39 is 17.9 Å². The predicted octanol–water partition coefficient (Wildman–Crippen LogP) is 4.55. The lowest BCUT2D eigenvalue weighted by Crippen LogP contribution is -2.33. The Morgan fingerprint density at radius 3 is 2.42 bits per heavy atom. The normalized spacial score (nSPS) is 15.6. The zero-order chi connectivity index (χ0) is 24.9. The molecule has 1 unspecified atom stereocenters. The highest BCUT2D eigenvalue weighted by Crippen LogP contribution is 2.25. The number of anilines is 4. The number of pyridine rings is 1. The molecule has 1 aromatic carbocycles. The van der Waals surface area contributed by atoms with E-state index in [0.717, 1.165) is 30.4 Å². The Balaban J connectivity index is 1.28. The van der Waals surface area contributed by atoms with E-state index in [9.17, 15) is 13.2 Å². The lowest BCUT2D eigenvalue weighted by atomic mass is 10.1. The molecule has 0 amide bonds. The minimum absolute atomic E-state index is 0.0262. The van der Waals surface area contributed by atoms with Crippen LogP contribution in [-0.4, -0.2) is 44.6 Å². The number of nitrogens with one attached hydrogen (secondary N) is 3. The van der Waals surface area contributed by atoms with Crippen molar-refractivity contribution in [3.8, 4) is 11.5 Å². The van der Waals surface area contributed by atoms with E-state index in [4.69, 9.17) is 4.74 Å². The van der Waals surface area contributed by atoms with Crippen LogP contribution in [-0.2, 0) is 4.74 Å². The van der Waals surface area contributed by atoms with Crippen molar-refractivity contribution in [2.75, 3.05) is 30.3 Å². The monoisotopic (exact) mass is 494 g/mol. The molecule has 1 aliphatic rings. The molecule has 0 radical (unpaired) electrons. The first-order valence-electron chi connectivity index (χ1n) is 11.1. The molecule has 5 rings (SSSR count). The van der Waals surface area contributed by atoms with E-state index >= 15 is 0 Å². The van der Waals surface area contributed by atoms with E-state index in [0.29, 0.717) is 24.2 Å². The van der Waals surface area contributed by atoms with Crippen molar-refractivity contribution >= 4 is 23.3 Å². The molecule has 1 saturated heterocycles. The summed E-state index contributed by atoms with van der Waals surface area (Å²) in [4.78, 5) is 20.7. The second kappa shape index (κ2) is 10.6. The molecule has 0 spiro atoms. The quantitative estimate of drug-likeness (QED) is 0.341. The fourth-order valence-electron chi connectivity index (χ4n) is 3.60. The van der Waals surface area contributed by atoms with Crippen LogP contribution in [0.5, 0.6) is 0 Å². The molecule has 1 atom stereocenters. The molecular weight excluding hydrogens is 473 g/mol. The third-order valence-electron chi connectivity index (χ3n) is 5.34. The van der Waals surface area contributed by atoms with Crippen LogP contribution >= 0.6 is 0 Å². The average molecular weight is 494 g/mol. The van der Waals surface area contributed by atoms with Gasteiger partial charge in [0.25, 0.3) is 6.43 Å². The van der Waals surface area contributed by atoms with Crippen molar-refractivity contribution < 1.29 is 17.9 Å². The van der Waals surface area contributed by atoms with Gasteiger partial charge in [-0.2, -0.15) is 4.98 Å². The van der Waals surface area contributed by atoms with Gasteiger partial charge >= 0.3 is 0 Å². The fourth-order valence-corrected chi connectivity index (χ4v) is 3.60. The summed E-state index contributed by atoms with van der Waals surface area (Å²) < 4.78 is 45.4. The van der Waals surface area contributed by atoms with Gasteiger partial charge in [-0.05, 0) is 42.0 Å². The van der Waals surface area contributed by atoms with Crippen molar-refractivity contribution in [3.63, 3.8) is 0 Å². The van der Waals surface area contributed by atoms with Crippen LogP contribution in [0.15, 0.2) is 60.9 Å². The summed E-state index contributed by atoms with van der Waals surface area (Å²) in [5.74, 6) is 0.125. The Kier molecular flexibility index (Phi) is 6.96. The Labute approximate surface area is 204 Å². The minimum Gasteiger partial charge on any atom is -0.371 e. The Hall–Kier alpha value is -4.16. The van der Waals surface area contributed by atoms with Crippen LogP contribution in [0.2, 0.25) is 0 Å². The first kappa shape index (κ1) is 23.6. The number of nitrogens with zero attached hydrogens (tertiary/aromatic N) is 5. The standard InChI is InChI=1S/C24H21F3N8O/c25-16-5-6-17(32-21(16)22(26)27)23-29-9-7-19(34-23)33-20-8-10-30-24(35-20)31-15-3-1-14(2-4-15)18-13-28-11-12-36-18/h1-10,18,22,28H,11-13H2,(H2,29,30,31,33,34,35). The molecule has 0 saturated carbocycles. The summed E-state index contributed by atoms with van der Waals surface area (Å²) in [6, 6.07) is 13.2. The zero-order valence-corrected chi connectivity index (χ0v) is 18.8. The number of hydrogen-bond donors (Lipinski definition) is 3. The Morgan fingerprint density at radius 1 is 0.889 bits per heavy atom. The molecule has 12 heteroatoms.